The van der Waals surface area contributed by atoms with Crippen LogP contribution >= 0.6 is 0 Å². The van der Waals surface area contributed by atoms with Crippen LogP contribution in [-0.4, -0.2) is 48.5 Å². The number of anilines is 1. The minimum atomic E-state index is -0.437. The number of benzene rings is 1. The van der Waals surface area contributed by atoms with Crippen molar-refractivity contribution >= 4 is 18.5 Å². The average Bonchev–Trinajstić information content (AvgIpc) is 2.93. The fraction of sp³-hybridized carbons (Fsp3) is 0.545. The smallest absolute Gasteiger partial charge is 0.496 e. The third-order valence-corrected chi connectivity index (χ3v) is 6.68. The number of likely N-dealkylation sites (N-methyl/N-ethyl adjacent to an activating group) is 1. The van der Waals surface area contributed by atoms with E-state index < -0.39 is 7.12 Å². The van der Waals surface area contributed by atoms with Crippen molar-refractivity contribution in [2.45, 2.75) is 64.2 Å². The van der Waals surface area contributed by atoms with Gasteiger partial charge < -0.3 is 18.9 Å². The van der Waals surface area contributed by atoms with E-state index >= 15 is 0 Å². The van der Waals surface area contributed by atoms with Gasteiger partial charge in [0, 0.05) is 30.9 Å². The molecule has 1 saturated heterocycles. The van der Waals surface area contributed by atoms with E-state index in [0.29, 0.717) is 6.04 Å². The Morgan fingerprint density at radius 1 is 1.10 bits per heavy atom. The van der Waals surface area contributed by atoms with Crippen LogP contribution in [0.1, 0.15) is 45.2 Å². The molecule has 1 aliphatic heterocycles. The Balaban J connectivity index is 1.47. The van der Waals surface area contributed by atoms with E-state index in [4.69, 9.17) is 14.0 Å². The van der Waals surface area contributed by atoms with Gasteiger partial charge >= 0.3 is 7.12 Å². The third kappa shape index (κ3) is 3.62. The average molecular weight is 395 g/mol. The number of aromatic nitrogens is 2. The lowest BCUT2D eigenvalue weighted by Crippen LogP contribution is -2.41. The Labute approximate surface area is 173 Å². The van der Waals surface area contributed by atoms with E-state index in [0.717, 1.165) is 36.4 Å². The Bertz CT molecular complexity index is 869. The van der Waals surface area contributed by atoms with Gasteiger partial charge in [0.15, 0.2) is 0 Å². The van der Waals surface area contributed by atoms with Gasteiger partial charge in [0.05, 0.1) is 18.3 Å². The van der Waals surface area contributed by atoms with Crippen molar-refractivity contribution < 1.29 is 14.0 Å². The molecule has 1 aromatic heterocycles. The summed E-state index contributed by atoms with van der Waals surface area (Å²) in [7, 11) is 3.37. The molecule has 0 radical (unpaired) electrons. The predicted octanol–water partition coefficient (Wildman–Crippen LogP) is 2.78. The first-order valence-electron chi connectivity index (χ1n) is 10.3. The topological polar surface area (TPSA) is 56.7 Å². The first-order valence-corrected chi connectivity index (χ1v) is 10.3. The van der Waals surface area contributed by atoms with Crippen molar-refractivity contribution in [2.24, 2.45) is 0 Å². The second-order valence-corrected chi connectivity index (χ2v) is 9.01. The molecule has 0 N–H and O–H groups in total. The van der Waals surface area contributed by atoms with Gasteiger partial charge in [0.2, 0.25) is 5.95 Å². The molecule has 0 bridgehead atoms. The fourth-order valence-corrected chi connectivity index (χ4v) is 4.05. The van der Waals surface area contributed by atoms with Gasteiger partial charge in [-0.15, -0.1) is 0 Å². The highest BCUT2D eigenvalue weighted by Crippen LogP contribution is 2.36. The highest BCUT2D eigenvalue weighted by molar-refractivity contribution is 6.61. The van der Waals surface area contributed by atoms with Gasteiger partial charge in [0.25, 0.3) is 0 Å². The predicted molar refractivity (Wildman–Crippen MR) is 115 cm³/mol. The SMILES string of the molecule is COc1cccc2c1CCC(N(C)c1ncc(B3OC(C)(C)C(C)(C)O3)cn1)C2. The first-order chi connectivity index (χ1) is 13.7. The summed E-state index contributed by atoms with van der Waals surface area (Å²) in [6.45, 7) is 8.19. The third-order valence-electron chi connectivity index (χ3n) is 6.68. The zero-order valence-corrected chi connectivity index (χ0v) is 18.2. The van der Waals surface area contributed by atoms with Crippen LogP contribution in [0.4, 0.5) is 5.95 Å². The minimum Gasteiger partial charge on any atom is -0.496 e. The van der Waals surface area contributed by atoms with Gasteiger partial charge in [-0.05, 0) is 64.2 Å². The highest BCUT2D eigenvalue weighted by atomic mass is 16.7. The Kier molecular flexibility index (Phi) is 5.07. The van der Waals surface area contributed by atoms with Gasteiger partial charge in [-0.25, -0.2) is 9.97 Å². The van der Waals surface area contributed by atoms with E-state index in [1.807, 2.05) is 46.2 Å². The van der Waals surface area contributed by atoms with Crippen LogP contribution in [0.5, 0.6) is 5.75 Å². The molecule has 2 aromatic rings. The van der Waals surface area contributed by atoms with Crippen LogP contribution in [-0.2, 0) is 22.2 Å². The molecule has 1 fully saturated rings. The monoisotopic (exact) mass is 395 g/mol. The van der Waals surface area contributed by atoms with E-state index in [2.05, 4.69) is 34.0 Å². The maximum Gasteiger partial charge on any atom is 0.498 e. The van der Waals surface area contributed by atoms with Crippen molar-refractivity contribution in [1.82, 2.24) is 9.97 Å². The summed E-state index contributed by atoms with van der Waals surface area (Å²) >= 11 is 0. The zero-order valence-electron chi connectivity index (χ0n) is 18.2. The van der Waals surface area contributed by atoms with Crippen LogP contribution in [0.2, 0.25) is 0 Å². The van der Waals surface area contributed by atoms with Gasteiger partial charge in [-0.2, -0.15) is 0 Å². The lowest BCUT2D eigenvalue weighted by molar-refractivity contribution is 0.00578. The number of nitrogens with zero attached hydrogens (tertiary/aromatic N) is 3. The van der Waals surface area contributed by atoms with Gasteiger partial charge in [0.1, 0.15) is 5.75 Å². The largest absolute Gasteiger partial charge is 0.498 e. The molecule has 29 heavy (non-hydrogen) atoms. The summed E-state index contributed by atoms with van der Waals surface area (Å²) < 4.78 is 17.7. The molecular formula is C22H30BN3O3. The number of fused-ring (bicyclic) bond motifs is 1. The highest BCUT2D eigenvalue weighted by Gasteiger charge is 2.52. The van der Waals surface area contributed by atoms with Crippen LogP contribution in [0.3, 0.4) is 0 Å². The molecule has 1 aromatic carbocycles. The number of hydrogen-bond acceptors (Lipinski definition) is 6. The van der Waals surface area contributed by atoms with Crippen LogP contribution in [0.25, 0.3) is 0 Å². The first kappa shape index (κ1) is 20.2. The van der Waals surface area contributed by atoms with Crippen molar-refractivity contribution in [3.63, 3.8) is 0 Å². The number of rotatable bonds is 4. The standard InChI is InChI=1S/C22H30BN3O3/c1-21(2)22(3,4)29-23(28-21)16-13-24-20(25-14-16)26(5)17-10-11-18-15(12-17)8-7-9-19(18)27-6/h7-9,13-14,17H,10-12H2,1-6H3. The van der Waals surface area contributed by atoms with Crippen molar-refractivity contribution in [3.8, 4) is 5.75 Å². The second-order valence-electron chi connectivity index (χ2n) is 9.01. The Morgan fingerprint density at radius 3 is 2.38 bits per heavy atom. The molecule has 4 rings (SSSR count). The maximum absolute atomic E-state index is 6.10. The second kappa shape index (κ2) is 7.29. The molecule has 1 atom stereocenters. The quantitative estimate of drug-likeness (QED) is 0.743. The van der Waals surface area contributed by atoms with E-state index in [-0.39, 0.29) is 11.2 Å². The van der Waals surface area contributed by atoms with Crippen molar-refractivity contribution in [3.05, 3.63) is 41.7 Å². The summed E-state index contributed by atoms with van der Waals surface area (Å²) in [5.74, 6) is 1.72. The Hall–Kier alpha value is -2.12. The van der Waals surface area contributed by atoms with E-state index in [1.165, 1.54) is 11.1 Å². The molecule has 2 aliphatic rings. The molecule has 6 nitrogen and oxygen atoms in total. The summed E-state index contributed by atoms with van der Waals surface area (Å²) in [5.41, 5.74) is 2.78. The van der Waals surface area contributed by atoms with E-state index in [1.54, 1.807) is 7.11 Å². The minimum absolute atomic E-state index is 0.359. The van der Waals surface area contributed by atoms with Crippen LogP contribution in [0, 0.1) is 0 Å². The molecule has 2 heterocycles. The molecule has 1 unspecified atom stereocenters. The van der Waals surface area contributed by atoms with Crippen molar-refractivity contribution in [2.75, 3.05) is 19.1 Å². The fourth-order valence-electron chi connectivity index (χ4n) is 4.05. The number of ether oxygens (including phenoxy) is 1. The molecule has 154 valence electrons. The summed E-state index contributed by atoms with van der Waals surface area (Å²) in [6.07, 6.45) is 6.65. The summed E-state index contributed by atoms with van der Waals surface area (Å²) in [5, 5.41) is 0. The van der Waals surface area contributed by atoms with Crippen LogP contribution in [0.15, 0.2) is 30.6 Å². The summed E-state index contributed by atoms with van der Waals surface area (Å²) in [4.78, 5) is 11.4. The number of hydrogen-bond donors (Lipinski definition) is 0. The summed E-state index contributed by atoms with van der Waals surface area (Å²) in [6, 6.07) is 6.66. The lowest BCUT2D eigenvalue weighted by atomic mass is 9.81. The van der Waals surface area contributed by atoms with Crippen molar-refractivity contribution in [1.29, 1.82) is 0 Å². The van der Waals surface area contributed by atoms with Crippen LogP contribution < -0.4 is 15.1 Å². The van der Waals surface area contributed by atoms with Gasteiger partial charge in [-0.1, -0.05) is 12.1 Å². The van der Waals surface area contributed by atoms with Gasteiger partial charge in [-0.3, -0.25) is 0 Å². The Morgan fingerprint density at radius 2 is 1.76 bits per heavy atom. The van der Waals surface area contributed by atoms with E-state index in [9.17, 15) is 0 Å². The lowest BCUT2D eigenvalue weighted by Gasteiger charge is -2.33. The normalized spacial score (nSPS) is 22.3. The maximum atomic E-state index is 6.10. The molecule has 0 amide bonds. The molecule has 0 saturated carbocycles. The molecule has 0 spiro atoms. The molecule has 7 heteroatoms. The zero-order chi connectivity index (χ0) is 20.8. The molecular weight excluding hydrogens is 365 g/mol. The molecule has 1 aliphatic carbocycles. The number of methoxy groups -OCH3 is 1.